The van der Waals surface area contributed by atoms with Gasteiger partial charge in [-0.05, 0) is 17.5 Å². The summed E-state index contributed by atoms with van der Waals surface area (Å²) in [7, 11) is 1.69. The van der Waals surface area contributed by atoms with Gasteiger partial charge in [0.1, 0.15) is 5.75 Å². The lowest BCUT2D eigenvalue weighted by molar-refractivity contribution is 0.126. The number of hydrogen-bond donors (Lipinski definition) is 1. The third kappa shape index (κ3) is 3.51. The first-order valence-corrected chi connectivity index (χ1v) is 5.63. The summed E-state index contributed by atoms with van der Waals surface area (Å²) in [6.45, 7) is 6.01. The highest BCUT2D eigenvalue weighted by Gasteiger charge is 2.06. The van der Waals surface area contributed by atoms with E-state index in [9.17, 15) is 0 Å². The third-order valence-electron chi connectivity index (χ3n) is 2.50. The van der Waals surface area contributed by atoms with Crippen molar-refractivity contribution in [3.63, 3.8) is 0 Å². The fourth-order valence-corrected chi connectivity index (χ4v) is 1.50. The van der Waals surface area contributed by atoms with Crippen LogP contribution in [-0.4, -0.2) is 20.3 Å². The van der Waals surface area contributed by atoms with Crippen molar-refractivity contribution in [3.05, 3.63) is 29.3 Å². The van der Waals surface area contributed by atoms with E-state index in [0.717, 1.165) is 11.3 Å². The molecule has 0 bridgehead atoms. The summed E-state index contributed by atoms with van der Waals surface area (Å²) in [5, 5.41) is 0. The Labute approximate surface area is 97.6 Å². The monoisotopic (exact) mass is 223 g/mol. The van der Waals surface area contributed by atoms with Gasteiger partial charge in [-0.1, -0.05) is 26.0 Å². The molecule has 0 heterocycles. The largest absolute Gasteiger partial charge is 0.496 e. The van der Waals surface area contributed by atoms with Gasteiger partial charge >= 0.3 is 0 Å². The van der Waals surface area contributed by atoms with Crippen LogP contribution in [0.4, 0.5) is 0 Å². The summed E-state index contributed by atoms with van der Waals surface area (Å²) in [4.78, 5) is 0. The molecule has 3 heteroatoms. The first-order valence-electron chi connectivity index (χ1n) is 5.63. The average molecular weight is 223 g/mol. The summed E-state index contributed by atoms with van der Waals surface area (Å²) < 4.78 is 10.8. The minimum atomic E-state index is 0.507. The van der Waals surface area contributed by atoms with E-state index in [1.807, 2.05) is 0 Å². The Hall–Kier alpha value is -1.06. The van der Waals surface area contributed by atoms with Crippen LogP contribution in [0.5, 0.6) is 5.75 Å². The van der Waals surface area contributed by atoms with Gasteiger partial charge in [0.2, 0.25) is 0 Å². The van der Waals surface area contributed by atoms with Crippen molar-refractivity contribution in [3.8, 4) is 5.75 Å². The molecule has 1 aromatic carbocycles. The molecule has 90 valence electrons. The van der Waals surface area contributed by atoms with Gasteiger partial charge in [0.05, 0.1) is 20.3 Å². The van der Waals surface area contributed by atoms with Crippen molar-refractivity contribution in [2.45, 2.75) is 26.4 Å². The highest BCUT2D eigenvalue weighted by molar-refractivity contribution is 5.38. The first kappa shape index (κ1) is 13.0. The maximum atomic E-state index is 5.41. The van der Waals surface area contributed by atoms with E-state index in [1.54, 1.807) is 7.11 Å². The zero-order valence-corrected chi connectivity index (χ0v) is 10.3. The van der Waals surface area contributed by atoms with Gasteiger partial charge < -0.3 is 15.2 Å². The van der Waals surface area contributed by atoms with Crippen LogP contribution in [0.1, 0.15) is 30.9 Å². The molecule has 0 fully saturated rings. The second-order valence-corrected chi connectivity index (χ2v) is 4.07. The molecule has 0 atom stereocenters. The Morgan fingerprint density at radius 3 is 2.62 bits per heavy atom. The van der Waals surface area contributed by atoms with E-state index in [-0.39, 0.29) is 0 Å². The summed E-state index contributed by atoms with van der Waals surface area (Å²) >= 11 is 0. The lowest BCUT2D eigenvalue weighted by Gasteiger charge is -2.12. The van der Waals surface area contributed by atoms with Crippen molar-refractivity contribution in [1.82, 2.24) is 0 Å². The molecule has 2 N–H and O–H groups in total. The molecule has 0 saturated heterocycles. The van der Waals surface area contributed by atoms with E-state index in [0.29, 0.717) is 25.7 Å². The fourth-order valence-electron chi connectivity index (χ4n) is 1.50. The highest BCUT2D eigenvalue weighted by Crippen LogP contribution is 2.25. The standard InChI is InChI=1S/C13H21NO2/c1-10(2)11-4-5-12(9-16-7-6-14)13(8-11)15-3/h4-5,8,10H,6-7,9,14H2,1-3H3. The zero-order chi connectivity index (χ0) is 12.0. The highest BCUT2D eigenvalue weighted by atomic mass is 16.5. The molecule has 3 nitrogen and oxygen atoms in total. The molecule has 0 aromatic heterocycles. The van der Waals surface area contributed by atoms with Crippen molar-refractivity contribution < 1.29 is 9.47 Å². The number of ether oxygens (including phenoxy) is 2. The average Bonchev–Trinajstić information content (AvgIpc) is 2.29. The molecule has 0 saturated carbocycles. The quantitative estimate of drug-likeness (QED) is 0.753. The molecule has 0 spiro atoms. The van der Waals surface area contributed by atoms with Gasteiger partial charge in [-0.15, -0.1) is 0 Å². The summed E-state index contributed by atoms with van der Waals surface area (Å²) in [5.74, 6) is 1.40. The molecule has 16 heavy (non-hydrogen) atoms. The Morgan fingerprint density at radius 1 is 1.31 bits per heavy atom. The van der Waals surface area contributed by atoms with Crippen molar-refractivity contribution in [2.24, 2.45) is 5.73 Å². The molecule has 1 rings (SSSR count). The lowest BCUT2D eigenvalue weighted by atomic mass is 10.0. The van der Waals surface area contributed by atoms with Crippen LogP contribution in [0.2, 0.25) is 0 Å². The molecule has 0 radical (unpaired) electrons. The van der Waals surface area contributed by atoms with Gasteiger partial charge in [0.15, 0.2) is 0 Å². The lowest BCUT2D eigenvalue weighted by Crippen LogP contribution is -2.08. The van der Waals surface area contributed by atoms with Gasteiger partial charge in [0.25, 0.3) is 0 Å². The smallest absolute Gasteiger partial charge is 0.124 e. The summed E-state index contributed by atoms with van der Waals surface area (Å²) in [6.07, 6.45) is 0. The second-order valence-electron chi connectivity index (χ2n) is 4.07. The summed E-state index contributed by atoms with van der Waals surface area (Å²) in [5.41, 5.74) is 7.72. The second kappa shape index (κ2) is 6.51. The van der Waals surface area contributed by atoms with Crippen molar-refractivity contribution in [1.29, 1.82) is 0 Å². The van der Waals surface area contributed by atoms with Crippen LogP contribution < -0.4 is 10.5 Å². The predicted molar refractivity (Wildman–Crippen MR) is 65.8 cm³/mol. The number of hydrogen-bond acceptors (Lipinski definition) is 3. The minimum absolute atomic E-state index is 0.507. The number of methoxy groups -OCH3 is 1. The van der Waals surface area contributed by atoms with E-state index in [1.165, 1.54) is 5.56 Å². The third-order valence-corrected chi connectivity index (χ3v) is 2.50. The number of nitrogens with two attached hydrogens (primary N) is 1. The molecular weight excluding hydrogens is 202 g/mol. The normalized spacial score (nSPS) is 10.8. The zero-order valence-electron chi connectivity index (χ0n) is 10.3. The van der Waals surface area contributed by atoms with Crippen LogP contribution >= 0.6 is 0 Å². The van der Waals surface area contributed by atoms with E-state index >= 15 is 0 Å². The van der Waals surface area contributed by atoms with E-state index < -0.39 is 0 Å². The van der Waals surface area contributed by atoms with Crippen molar-refractivity contribution >= 4 is 0 Å². The fraction of sp³-hybridized carbons (Fsp3) is 0.538. The van der Waals surface area contributed by atoms with Crippen LogP contribution in [0.15, 0.2) is 18.2 Å². The Balaban J connectivity index is 2.76. The van der Waals surface area contributed by atoms with E-state index in [4.69, 9.17) is 15.2 Å². The first-order chi connectivity index (χ1) is 7.69. The molecule has 0 aliphatic carbocycles. The summed E-state index contributed by atoms with van der Waals surface area (Å²) in [6, 6.07) is 6.25. The van der Waals surface area contributed by atoms with Crippen LogP contribution in [-0.2, 0) is 11.3 Å². The van der Waals surface area contributed by atoms with Crippen molar-refractivity contribution in [2.75, 3.05) is 20.3 Å². The van der Waals surface area contributed by atoms with Crippen LogP contribution in [0.3, 0.4) is 0 Å². The van der Waals surface area contributed by atoms with Crippen LogP contribution in [0, 0.1) is 0 Å². The topological polar surface area (TPSA) is 44.5 Å². The number of benzene rings is 1. The Kier molecular flexibility index (Phi) is 5.29. The molecule has 0 aliphatic rings. The SMILES string of the molecule is COc1cc(C(C)C)ccc1COCCN. The van der Waals surface area contributed by atoms with Gasteiger partial charge in [-0.25, -0.2) is 0 Å². The van der Waals surface area contributed by atoms with Crippen LogP contribution in [0.25, 0.3) is 0 Å². The van der Waals surface area contributed by atoms with Gasteiger partial charge in [0, 0.05) is 12.1 Å². The minimum Gasteiger partial charge on any atom is -0.496 e. The Morgan fingerprint density at radius 2 is 2.06 bits per heavy atom. The van der Waals surface area contributed by atoms with E-state index in [2.05, 4.69) is 32.0 Å². The maximum absolute atomic E-state index is 5.41. The molecule has 1 aromatic rings. The predicted octanol–water partition coefficient (Wildman–Crippen LogP) is 2.29. The Bertz CT molecular complexity index is 324. The molecule has 0 amide bonds. The van der Waals surface area contributed by atoms with Gasteiger partial charge in [-0.2, -0.15) is 0 Å². The van der Waals surface area contributed by atoms with Gasteiger partial charge in [-0.3, -0.25) is 0 Å². The molecule has 0 aliphatic heterocycles. The molecular formula is C13H21NO2. The maximum Gasteiger partial charge on any atom is 0.124 e. The molecule has 0 unspecified atom stereocenters. The number of rotatable bonds is 6.